The predicted molar refractivity (Wildman–Crippen MR) is 92.9 cm³/mol. The van der Waals surface area contributed by atoms with Gasteiger partial charge < -0.3 is 10.1 Å². The van der Waals surface area contributed by atoms with Crippen molar-refractivity contribution in [2.45, 2.75) is 32.6 Å². The second-order valence-corrected chi connectivity index (χ2v) is 6.84. The summed E-state index contributed by atoms with van der Waals surface area (Å²) in [6, 6.07) is 3.95. The topological polar surface area (TPSA) is 79.0 Å². The van der Waals surface area contributed by atoms with Crippen molar-refractivity contribution < 1.29 is 17.9 Å². The average Bonchev–Trinajstić information content (AvgIpc) is 3.14. The Balaban J connectivity index is 1.95. The van der Waals surface area contributed by atoms with Gasteiger partial charge in [-0.15, -0.1) is 5.10 Å². The first-order valence-electron chi connectivity index (χ1n) is 8.85. The van der Waals surface area contributed by atoms with E-state index in [0.29, 0.717) is 18.8 Å². The van der Waals surface area contributed by atoms with Crippen LogP contribution in [-0.2, 0) is 17.5 Å². The van der Waals surface area contributed by atoms with E-state index in [0.717, 1.165) is 24.7 Å². The fraction of sp³-hybridized carbons (Fsp3) is 0.588. The van der Waals surface area contributed by atoms with Gasteiger partial charge in [0.1, 0.15) is 0 Å². The Hall–Kier alpha value is -2.20. The lowest BCUT2D eigenvalue weighted by Gasteiger charge is -2.38. The van der Waals surface area contributed by atoms with E-state index in [1.165, 1.54) is 6.07 Å². The van der Waals surface area contributed by atoms with Gasteiger partial charge in [0.05, 0.1) is 18.8 Å². The van der Waals surface area contributed by atoms with Crippen LogP contribution in [0.1, 0.15) is 36.6 Å². The number of morpholine rings is 1. The van der Waals surface area contributed by atoms with Crippen molar-refractivity contribution in [2.75, 3.05) is 31.6 Å². The fourth-order valence-corrected chi connectivity index (χ4v) is 3.47. The molecule has 0 radical (unpaired) electrons. The van der Waals surface area contributed by atoms with E-state index in [1.807, 2.05) is 0 Å². The first kappa shape index (κ1) is 19.6. The van der Waals surface area contributed by atoms with Crippen molar-refractivity contribution in [1.29, 1.82) is 0 Å². The molecular formula is C17H23F3N6O. The van der Waals surface area contributed by atoms with Gasteiger partial charge in [0.15, 0.2) is 0 Å². The Labute approximate surface area is 155 Å². The van der Waals surface area contributed by atoms with Crippen LogP contribution in [0, 0.1) is 5.92 Å². The highest BCUT2D eigenvalue weighted by molar-refractivity contribution is 5.38. The van der Waals surface area contributed by atoms with Gasteiger partial charge in [0.25, 0.3) is 5.95 Å². The summed E-state index contributed by atoms with van der Waals surface area (Å²) in [5, 5.41) is 16.3. The number of rotatable bonds is 6. The molecule has 1 atom stereocenters. The smallest absolute Gasteiger partial charge is 0.379 e. The molecule has 10 heteroatoms. The summed E-state index contributed by atoms with van der Waals surface area (Å²) in [4.78, 5) is 2.27. The minimum Gasteiger partial charge on any atom is -0.379 e. The lowest BCUT2D eigenvalue weighted by Crippen LogP contribution is -2.41. The molecule has 1 unspecified atom stereocenters. The highest BCUT2D eigenvalue weighted by atomic mass is 19.4. The zero-order valence-electron chi connectivity index (χ0n) is 15.3. The van der Waals surface area contributed by atoms with E-state index in [-0.39, 0.29) is 24.5 Å². The van der Waals surface area contributed by atoms with Crippen LogP contribution in [0.25, 0.3) is 0 Å². The molecule has 7 nitrogen and oxygen atoms in total. The standard InChI is InChI=1S/C17H23F3N6O/c1-11(2)15(26-5-7-27-8-6-26)14-4-3-13(17(18,19)20)9-12(14)10-21-16-22-24-25-23-16/h3-4,9,11,15H,5-8,10H2,1-2H3,(H2,21,22,23,24,25). The number of ether oxygens (including phenoxy) is 1. The minimum absolute atomic E-state index is 0.00162. The Morgan fingerprint density at radius 1 is 1.26 bits per heavy atom. The number of halogens is 3. The van der Waals surface area contributed by atoms with Crippen molar-refractivity contribution in [2.24, 2.45) is 5.92 Å². The van der Waals surface area contributed by atoms with Crippen LogP contribution in [0.3, 0.4) is 0 Å². The number of anilines is 1. The lowest BCUT2D eigenvalue weighted by molar-refractivity contribution is -0.137. The van der Waals surface area contributed by atoms with Crippen LogP contribution in [0.15, 0.2) is 18.2 Å². The van der Waals surface area contributed by atoms with Crippen molar-refractivity contribution in [1.82, 2.24) is 25.5 Å². The van der Waals surface area contributed by atoms with Crippen molar-refractivity contribution in [3.63, 3.8) is 0 Å². The van der Waals surface area contributed by atoms with Crippen molar-refractivity contribution in [3.8, 4) is 0 Å². The average molecular weight is 384 g/mol. The molecule has 0 saturated carbocycles. The van der Waals surface area contributed by atoms with E-state index in [2.05, 4.69) is 44.7 Å². The molecule has 0 aliphatic carbocycles. The largest absolute Gasteiger partial charge is 0.416 e. The van der Waals surface area contributed by atoms with Crippen LogP contribution in [0.4, 0.5) is 19.1 Å². The van der Waals surface area contributed by atoms with Crippen molar-refractivity contribution in [3.05, 3.63) is 34.9 Å². The number of aromatic amines is 1. The predicted octanol–water partition coefficient (Wildman–Crippen LogP) is 2.86. The first-order chi connectivity index (χ1) is 12.9. The highest BCUT2D eigenvalue weighted by Crippen LogP contribution is 2.36. The highest BCUT2D eigenvalue weighted by Gasteiger charge is 2.33. The zero-order valence-corrected chi connectivity index (χ0v) is 15.3. The molecule has 1 aromatic heterocycles. The van der Waals surface area contributed by atoms with Gasteiger partial charge in [-0.05, 0) is 34.4 Å². The molecule has 0 bridgehead atoms. The number of nitrogens with zero attached hydrogens (tertiary/aromatic N) is 4. The number of benzene rings is 1. The molecule has 2 heterocycles. The van der Waals surface area contributed by atoms with Gasteiger partial charge in [-0.1, -0.05) is 25.0 Å². The Morgan fingerprint density at radius 3 is 2.59 bits per heavy atom. The molecule has 3 rings (SSSR count). The SMILES string of the molecule is CC(C)C(c1ccc(C(F)(F)F)cc1CNc1nn[nH]n1)N1CCOCC1. The molecule has 0 spiro atoms. The van der Waals surface area contributed by atoms with E-state index in [4.69, 9.17) is 4.74 Å². The molecule has 2 N–H and O–H groups in total. The Kier molecular flexibility index (Phi) is 5.95. The maximum absolute atomic E-state index is 13.2. The molecule has 148 valence electrons. The summed E-state index contributed by atoms with van der Waals surface area (Å²) in [7, 11) is 0. The maximum Gasteiger partial charge on any atom is 0.416 e. The monoisotopic (exact) mass is 384 g/mol. The summed E-state index contributed by atoms with van der Waals surface area (Å²) in [5.41, 5.74) is 0.774. The van der Waals surface area contributed by atoms with Gasteiger partial charge in [-0.3, -0.25) is 4.90 Å². The molecule has 2 aromatic rings. The fourth-order valence-electron chi connectivity index (χ4n) is 3.47. The molecule has 1 aliphatic heterocycles. The van der Waals surface area contributed by atoms with E-state index in [9.17, 15) is 13.2 Å². The quantitative estimate of drug-likeness (QED) is 0.797. The van der Waals surface area contributed by atoms with Gasteiger partial charge in [-0.2, -0.15) is 18.4 Å². The maximum atomic E-state index is 13.2. The van der Waals surface area contributed by atoms with E-state index in [1.54, 1.807) is 6.07 Å². The number of H-pyrrole nitrogens is 1. The third-order valence-electron chi connectivity index (χ3n) is 4.64. The number of aromatic nitrogens is 4. The molecule has 1 saturated heterocycles. The second-order valence-electron chi connectivity index (χ2n) is 6.84. The van der Waals surface area contributed by atoms with Gasteiger partial charge in [-0.25, -0.2) is 0 Å². The summed E-state index contributed by atoms with van der Waals surface area (Å²) < 4.78 is 45.1. The molecular weight excluding hydrogens is 361 g/mol. The molecule has 1 fully saturated rings. The number of tetrazole rings is 1. The van der Waals surface area contributed by atoms with Gasteiger partial charge >= 0.3 is 6.18 Å². The molecule has 1 aromatic carbocycles. The number of alkyl halides is 3. The van der Waals surface area contributed by atoms with Crippen LogP contribution in [0.5, 0.6) is 0 Å². The number of nitrogens with one attached hydrogen (secondary N) is 2. The van der Waals surface area contributed by atoms with Crippen LogP contribution in [0.2, 0.25) is 0 Å². The summed E-state index contributed by atoms with van der Waals surface area (Å²) in [6.07, 6.45) is -4.40. The molecule has 1 aliphatic rings. The lowest BCUT2D eigenvalue weighted by atomic mass is 9.89. The Morgan fingerprint density at radius 2 is 2.00 bits per heavy atom. The van der Waals surface area contributed by atoms with E-state index >= 15 is 0 Å². The molecule has 0 amide bonds. The first-order valence-corrected chi connectivity index (χ1v) is 8.85. The third kappa shape index (κ3) is 4.75. The minimum atomic E-state index is -4.40. The van der Waals surface area contributed by atoms with Crippen LogP contribution in [-0.4, -0.2) is 51.8 Å². The zero-order chi connectivity index (χ0) is 19.4. The summed E-state index contributed by atoms with van der Waals surface area (Å²) in [6.45, 7) is 7.08. The Bertz CT molecular complexity index is 729. The summed E-state index contributed by atoms with van der Waals surface area (Å²) in [5.74, 6) is 0.467. The van der Waals surface area contributed by atoms with E-state index < -0.39 is 11.7 Å². The number of hydrogen-bond donors (Lipinski definition) is 2. The van der Waals surface area contributed by atoms with Crippen molar-refractivity contribution >= 4 is 5.95 Å². The normalized spacial score (nSPS) is 17.3. The number of hydrogen-bond acceptors (Lipinski definition) is 6. The van der Waals surface area contributed by atoms with Crippen LogP contribution < -0.4 is 5.32 Å². The second kappa shape index (κ2) is 8.22. The third-order valence-corrected chi connectivity index (χ3v) is 4.64. The molecule has 27 heavy (non-hydrogen) atoms. The van der Waals surface area contributed by atoms with Crippen LogP contribution >= 0.6 is 0 Å². The summed E-state index contributed by atoms with van der Waals surface area (Å²) >= 11 is 0. The van der Waals surface area contributed by atoms with Gasteiger partial charge in [0, 0.05) is 25.7 Å². The van der Waals surface area contributed by atoms with Gasteiger partial charge in [0.2, 0.25) is 0 Å².